The van der Waals surface area contributed by atoms with Crippen molar-refractivity contribution in [1.29, 1.82) is 0 Å². The van der Waals surface area contributed by atoms with Crippen LogP contribution in [0.2, 0.25) is 0 Å². The average molecular weight is 365 g/mol. The van der Waals surface area contributed by atoms with Crippen LogP contribution < -0.4 is 5.32 Å². The van der Waals surface area contributed by atoms with Gasteiger partial charge in [0.05, 0.1) is 6.20 Å². The predicted octanol–water partition coefficient (Wildman–Crippen LogP) is 5.30. The summed E-state index contributed by atoms with van der Waals surface area (Å²) < 4.78 is 5.78. The summed E-state index contributed by atoms with van der Waals surface area (Å²) in [6.07, 6.45) is 3.32. The minimum atomic E-state index is -0.162. The average Bonchev–Trinajstić information content (AvgIpc) is 3.18. The molecule has 0 bridgehead atoms. The highest BCUT2D eigenvalue weighted by Gasteiger charge is 2.11. The molecule has 0 aliphatic carbocycles. The number of aromatic nitrogens is 2. The van der Waals surface area contributed by atoms with Gasteiger partial charge in [-0.25, -0.2) is 4.98 Å². The lowest BCUT2D eigenvalue weighted by molar-refractivity contribution is 0.102. The fourth-order valence-corrected chi connectivity index (χ4v) is 3.17. The number of hydrogen-bond donors (Lipinski definition) is 1. The number of pyridine rings is 1. The molecule has 5 nitrogen and oxygen atoms in total. The molecule has 0 fully saturated rings. The molecule has 0 atom stereocenters. The number of rotatable bonds is 3. The normalized spacial score (nSPS) is 11.0. The standard InChI is InChI=1S/C23H15N3O2/c27-22(17-9-8-15-4-1-2-5-16(15)12-17)25-19-7-3-6-18(13-19)23-26-20-14-24-11-10-21(20)28-23/h1-14H,(H,25,27). The molecule has 1 amide bonds. The van der Waals surface area contributed by atoms with Crippen LogP contribution >= 0.6 is 0 Å². The molecule has 0 spiro atoms. The SMILES string of the molecule is O=C(Nc1cccc(-c2nc3cnccc3o2)c1)c1ccc2ccccc2c1. The van der Waals surface area contributed by atoms with Crippen molar-refractivity contribution in [3.8, 4) is 11.5 Å². The molecule has 5 heteroatoms. The van der Waals surface area contributed by atoms with E-state index in [0.717, 1.165) is 16.3 Å². The van der Waals surface area contributed by atoms with E-state index in [9.17, 15) is 4.79 Å². The number of nitrogens with zero attached hydrogens (tertiary/aromatic N) is 2. The number of oxazole rings is 1. The van der Waals surface area contributed by atoms with Gasteiger partial charge in [-0.15, -0.1) is 0 Å². The maximum Gasteiger partial charge on any atom is 0.255 e. The number of nitrogens with one attached hydrogen (secondary N) is 1. The smallest absolute Gasteiger partial charge is 0.255 e. The van der Waals surface area contributed by atoms with Crippen molar-refractivity contribution >= 4 is 33.5 Å². The molecule has 0 radical (unpaired) electrons. The molecule has 0 aliphatic rings. The van der Waals surface area contributed by atoms with E-state index in [-0.39, 0.29) is 5.91 Å². The topological polar surface area (TPSA) is 68.0 Å². The maximum atomic E-state index is 12.7. The summed E-state index contributed by atoms with van der Waals surface area (Å²) >= 11 is 0. The second-order valence-electron chi connectivity index (χ2n) is 6.46. The van der Waals surface area contributed by atoms with E-state index in [0.29, 0.717) is 28.2 Å². The first kappa shape index (κ1) is 16.2. The first-order chi connectivity index (χ1) is 13.8. The highest BCUT2D eigenvalue weighted by Crippen LogP contribution is 2.26. The van der Waals surface area contributed by atoms with Gasteiger partial charge in [0.2, 0.25) is 5.89 Å². The summed E-state index contributed by atoms with van der Waals surface area (Å²) in [5, 5.41) is 5.08. The van der Waals surface area contributed by atoms with Crippen LogP contribution in [-0.4, -0.2) is 15.9 Å². The number of carbonyl (C=O) groups excluding carboxylic acids is 1. The van der Waals surface area contributed by atoms with Crippen molar-refractivity contribution in [2.24, 2.45) is 0 Å². The molecule has 5 rings (SSSR count). The van der Waals surface area contributed by atoms with Gasteiger partial charge in [-0.3, -0.25) is 9.78 Å². The number of fused-ring (bicyclic) bond motifs is 2. The lowest BCUT2D eigenvalue weighted by Crippen LogP contribution is -2.11. The summed E-state index contributed by atoms with van der Waals surface area (Å²) in [6, 6.07) is 22.8. The second-order valence-corrected chi connectivity index (χ2v) is 6.46. The first-order valence-electron chi connectivity index (χ1n) is 8.87. The van der Waals surface area contributed by atoms with Crippen LogP contribution in [-0.2, 0) is 0 Å². The Labute approximate surface area is 160 Å². The largest absolute Gasteiger partial charge is 0.436 e. The summed E-state index contributed by atoms with van der Waals surface area (Å²) in [5.74, 6) is 0.328. The number of carbonyl (C=O) groups is 1. The third-order valence-corrected chi connectivity index (χ3v) is 4.57. The van der Waals surface area contributed by atoms with Gasteiger partial charge in [0.15, 0.2) is 5.58 Å². The van der Waals surface area contributed by atoms with Gasteiger partial charge in [-0.2, -0.15) is 0 Å². The summed E-state index contributed by atoms with van der Waals surface area (Å²) in [5.41, 5.74) is 3.44. The van der Waals surface area contributed by atoms with Crippen LogP contribution in [0.25, 0.3) is 33.3 Å². The highest BCUT2D eigenvalue weighted by atomic mass is 16.3. The van der Waals surface area contributed by atoms with Crippen LogP contribution in [0.4, 0.5) is 5.69 Å². The molecule has 3 aromatic carbocycles. The number of anilines is 1. The maximum absolute atomic E-state index is 12.7. The minimum Gasteiger partial charge on any atom is -0.436 e. The molecule has 5 aromatic rings. The van der Waals surface area contributed by atoms with E-state index in [1.54, 1.807) is 18.5 Å². The monoisotopic (exact) mass is 365 g/mol. The zero-order valence-electron chi connectivity index (χ0n) is 14.8. The van der Waals surface area contributed by atoms with Crippen LogP contribution in [0, 0.1) is 0 Å². The molecule has 0 saturated heterocycles. The first-order valence-corrected chi connectivity index (χ1v) is 8.87. The Balaban J connectivity index is 1.43. The molecular formula is C23H15N3O2. The summed E-state index contributed by atoms with van der Waals surface area (Å²) in [7, 11) is 0. The van der Waals surface area contributed by atoms with E-state index in [1.807, 2.05) is 66.7 Å². The fraction of sp³-hybridized carbons (Fsp3) is 0. The van der Waals surface area contributed by atoms with Gasteiger partial charge >= 0.3 is 0 Å². The molecule has 2 aromatic heterocycles. The molecule has 28 heavy (non-hydrogen) atoms. The Morgan fingerprint density at radius 3 is 2.68 bits per heavy atom. The molecule has 2 heterocycles. The van der Waals surface area contributed by atoms with Gasteiger partial charge in [0.25, 0.3) is 5.91 Å². The third-order valence-electron chi connectivity index (χ3n) is 4.57. The van der Waals surface area contributed by atoms with Crippen molar-refractivity contribution in [1.82, 2.24) is 9.97 Å². The lowest BCUT2D eigenvalue weighted by Gasteiger charge is -2.07. The zero-order valence-corrected chi connectivity index (χ0v) is 14.8. The highest BCUT2D eigenvalue weighted by molar-refractivity contribution is 6.06. The lowest BCUT2D eigenvalue weighted by atomic mass is 10.1. The van der Waals surface area contributed by atoms with E-state index >= 15 is 0 Å². The quantitative estimate of drug-likeness (QED) is 0.471. The minimum absolute atomic E-state index is 0.162. The summed E-state index contributed by atoms with van der Waals surface area (Å²) in [6.45, 7) is 0. The van der Waals surface area contributed by atoms with Gasteiger partial charge in [0, 0.05) is 29.1 Å². The van der Waals surface area contributed by atoms with E-state index < -0.39 is 0 Å². The van der Waals surface area contributed by atoms with Crippen molar-refractivity contribution in [2.75, 3.05) is 5.32 Å². The van der Waals surface area contributed by atoms with Gasteiger partial charge in [0.1, 0.15) is 5.52 Å². The van der Waals surface area contributed by atoms with E-state index in [4.69, 9.17) is 4.42 Å². The number of amides is 1. The van der Waals surface area contributed by atoms with Crippen LogP contribution in [0.1, 0.15) is 10.4 Å². The van der Waals surface area contributed by atoms with Crippen LogP contribution in [0.3, 0.4) is 0 Å². The van der Waals surface area contributed by atoms with E-state index in [2.05, 4.69) is 15.3 Å². The summed E-state index contributed by atoms with van der Waals surface area (Å²) in [4.78, 5) is 21.2. The Bertz CT molecular complexity index is 1290. The van der Waals surface area contributed by atoms with Gasteiger partial charge in [-0.05, 0) is 41.1 Å². The number of hydrogen-bond acceptors (Lipinski definition) is 4. The van der Waals surface area contributed by atoms with Crippen molar-refractivity contribution in [2.45, 2.75) is 0 Å². The molecular weight excluding hydrogens is 350 g/mol. The van der Waals surface area contributed by atoms with E-state index in [1.165, 1.54) is 0 Å². The predicted molar refractivity (Wildman–Crippen MR) is 109 cm³/mol. The van der Waals surface area contributed by atoms with Crippen LogP contribution in [0.5, 0.6) is 0 Å². The van der Waals surface area contributed by atoms with Gasteiger partial charge in [-0.1, -0.05) is 36.4 Å². The molecule has 0 unspecified atom stereocenters. The van der Waals surface area contributed by atoms with Gasteiger partial charge < -0.3 is 9.73 Å². The number of benzene rings is 3. The Morgan fingerprint density at radius 2 is 1.79 bits per heavy atom. The molecule has 134 valence electrons. The third kappa shape index (κ3) is 2.99. The Kier molecular flexibility index (Phi) is 3.84. The molecule has 0 saturated carbocycles. The Morgan fingerprint density at radius 1 is 0.893 bits per heavy atom. The van der Waals surface area contributed by atoms with Crippen LogP contribution in [0.15, 0.2) is 89.6 Å². The van der Waals surface area contributed by atoms with Crippen molar-refractivity contribution < 1.29 is 9.21 Å². The molecule has 0 aliphatic heterocycles. The second kappa shape index (κ2) is 6.63. The van der Waals surface area contributed by atoms with Crippen molar-refractivity contribution in [3.05, 3.63) is 90.8 Å². The Hall–Kier alpha value is -3.99. The zero-order chi connectivity index (χ0) is 18.9. The fourth-order valence-electron chi connectivity index (χ4n) is 3.17. The molecule has 1 N–H and O–H groups in total. The van der Waals surface area contributed by atoms with Crippen molar-refractivity contribution in [3.63, 3.8) is 0 Å².